The lowest BCUT2D eigenvalue weighted by Crippen LogP contribution is -2.50. The summed E-state index contributed by atoms with van der Waals surface area (Å²) >= 11 is 0. The predicted octanol–water partition coefficient (Wildman–Crippen LogP) is 2.58. The van der Waals surface area contributed by atoms with Crippen LogP contribution in [0, 0.1) is 0 Å². The monoisotopic (exact) mass is 297 g/mol. The number of ether oxygens (including phenoxy) is 1. The van der Waals surface area contributed by atoms with Crippen LogP contribution in [0.3, 0.4) is 0 Å². The van der Waals surface area contributed by atoms with Crippen molar-refractivity contribution in [2.45, 2.75) is 76.3 Å². The van der Waals surface area contributed by atoms with Gasteiger partial charge in [-0.3, -0.25) is 4.79 Å². The molecule has 2 rings (SSSR count). The van der Waals surface area contributed by atoms with Crippen LogP contribution in [0.25, 0.3) is 0 Å². The molecule has 0 aromatic heterocycles. The van der Waals surface area contributed by atoms with Gasteiger partial charge in [-0.05, 0) is 25.7 Å². The lowest BCUT2D eigenvalue weighted by molar-refractivity contribution is -0.148. The highest BCUT2D eigenvalue weighted by Gasteiger charge is 2.32. The predicted molar refractivity (Wildman–Crippen MR) is 79.0 cm³/mol. The van der Waals surface area contributed by atoms with Crippen molar-refractivity contribution in [1.82, 2.24) is 4.90 Å². The normalized spacial score (nSPS) is 21.1. The fourth-order valence-corrected chi connectivity index (χ4v) is 3.72. The van der Waals surface area contributed by atoms with E-state index in [0.717, 1.165) is 25.7 Å². The van der Waals surface area contributed by atoms with E-state index in [1.54, 1.807) is 0 Å². The smallest absolute Gasteiger partial charge is 0.329 e. The molecule has 0 spiro atoms. The Balaban J connectivity index is 1.95. The first-order chi connectivity index (χ1) is 10.2. The van der Waals surface area contributed by atoms with Crippen molar-refractivity contribution in [3.05, 3.63) is 0 Å². The molecule has 120 valence electrons. The molecule has 0 saturated heterocycles. The highest BCUT2D eigenvalue weighted by Crippen LogP contribution is 2.30. The van der Waals surface area contributed by atoms with Gasteiger partial charge in [-0.1, -0.05) is 38.5 Å². The molecule has 1 N–H and O–H groups in total. The van der Waals surface area contributed by atoms with Crippen molar-refractivity contribution in [2.75, 3.05) is 13.2 Å². The van der Waals surface area contributed by atoms with E-state index in [9.17, 15) is 9.59 Å². The molecule has 2 aliphatic rings. The highest BCUT2D eigenvalue weighted by atomic mass is 16.5. The summed E-state index contributed by atoms with van der Waals surface area (Å²) in [6, 6.07) is 0.672. The Morgan fingerprint density at radius 3 is 1.76 bits per heavy atom. The van der Waals surface area contributed by atoms with Gasteiger partial charge in [0, 0.05) is 12.1 Å². The van der Waals surface area contributed by atoms with Crippen LogP contribution in [0.15, 0.2) is 0 Å². The molecular formula is C16H27NO4. The molecule has 0 atom stereocenters. The number of carbonyl (C=O) groups is 2. The summed E-state index contributed by atoms with van der Waals surface area (Å²) in [6.07, 6.45) is 11.6. The van der Waals surface area contributed by atoms with Gasteiger partial charge in [0.1, 0.15) is 13.2 Å². The Bertz CT molecular complexity index is 328. The Hall–Kier alpha value is -1.10. The fourth-order valence-electron chi connectivity index (χ4n) is 3.72. The van der Waals surface area contributed by atoms with Crippen molar-refractivity contribution in [2.24, 2.45) is 0 Å². The molecular weight excluding hydrogens is 270 g/mol. The van der Waals surface area contributed by atoms with Crippen molar-refractivity contribution in [3.63, 3.8) is 0 Å². The molecule has 0 aromatic rings. The molecule has 0 aromatic carbocycles. The first-order valence-electron chi connectivity index (χ1n) is 8.29. The average molecular weight is 297 g/mol. The van der Waals surface area contributed by atoms with Crippen molar-refractivity contribution >= 4 is 11.9 Å². The van der Waals surface area contributed by atoms with Crippen LogP contribution in [-0.4, -0.2) is 47.2 Å². The van der Waals surface area contributed by atoms with Crippen LogP contribution in [0.1, 0.15) is 64.2 Å². The zero-order valence-corrected chi connectivity index (χ0v) is 12.8. The van der Waals surface area contributed by atoms with E-state index in [0.29, 0.717) is 12.1 Å². The SMILES string of the molecule is O=C(O)COCC(=O)N(C1CCCCC1)C1CCCCC1. The van der Waals surface area contributed by atoms with Crippen molar-refractivity contribution in [3.8, 4) is 0 Å². The molecule has 0 unspecified atom stereocenters. The first-order valence-corrected chi connectivity index (χ1v) is 8.29. The topological polar surface area (TPSA) is 66.8 Å². The maximum absolute atomic E-state index is 12.5. The van der Waals surface area contributed by atoms with Gasteiger partial charge in [0.05, 0.1) is 0 Å². The molecule has 0 aliphatic heterocycles. The largest absolute Gasteiger partial charge is 0.480 e. The second-order valence-electron chi connectivity index (χ2n) is 6.27. The zero-order valence-electron chi connectivity index (χ0n) is 12.8. The molecule has 2 aliphatic carbocycles. The summed E-state index contributed by atoms with van der Waals surface area (Å²) in [5.74, 6) is -1.04. The highest BCUT2D eigenvalue weighted by molar-refractivity contribution is 5.78. The van der Waals surface area contributed by atoms with E-state index >= 15 is 0 Å². The van der Waals surface area contributed by atoms with Crippen molar-refractivity contribution in [1.29, 1.82) is 0 Å². The minimum atomic E-state index is -1.02. The zero-order chi connectivity index (χ0) is 15.1. The van der Waals surface area contributed by atoms with Gasteiger partial charge in [-0.25, -0.2) is 4.79 Å². The van der Waals surface area contributed by atoms with Crippen LogP contribution in [0.5, 0.6) is 0 Å². The maximum atomic E-state index is 12.5. The van der Waals surface area contributed by atoms with Gasteiger partial charge >= 0.3 is 5.97 Å². The van der Waals surface area contributed by atoms with Gasteiger partial charge < -0.3 is 14.7 Å². The summed E-state index contributed by atoms with van der Waals surface area (Å²) in [5, 5.41) is 8.61. The minimum Gasteiger partial charge on any atom is -0.480 e. The molecule has 0 heterocycles. The molecule has 0 bridgehead atoms. The van der Waals surface area contributed by atoms with Gasteiger partial charge in [0.2, 0.25) is 5.91 Å². The third kappa shape index (κ3) is 4.99. The average Bonchev–Trinajstić information content (AvgIpc) is 2.49. The van der Waals surface area contributed by atoms with Crippen LogP contribution >= 0.6 is 0 Å². The Morgan fingerprint density at radius 2 is 1.33 bits per heavy atom. The summed E-state index contributed by atoms with van der Waals surface area (Å²) < 4.78 is 5.03. The molecule has 5 nitrogen and oxygen atoms in total. The number of amides is 1. The van der Waals surface area contributed by atoms with Crippen LogP contribution in [0.2, 0.25) is 0 Å². The van der Waals surface area contributed by atoms with Crippen LogP contribution in [0.4, 0.5) is 0 Å². The molecule has 5 heteroatoms. The third-order valence-electron chi connectivity index (χ3n) is 4.68. The number of hydrogen-bond donors (Lipinski definition) is 1. The molecule has 2 saturated carbocycles. The van der Waals surface area contributed by atoms with Gasteiger partial charge in [0.15, 0.2) is 0 Å². The number of carbonyl (C=O) groups excluding carboxylic acids is 1. The van der Waals surface area contributed by atoms with Gasteiger partial charge in [0.25, 0.3) is 0 Å². The van der Waals surface area contributed by atoms with E-state index in [2.05, 4.69) is 4.90 Å². The fraction of sp³-hybridized carbons (Fsp3) is 0.875. The molecule has 0 radical (unpaired) electrons. The van der Waals surface area contributed by atoms with E-state index in [-0.39, 0.29) is 12.5 Å². The molecule has 2 fully saturated rings. The second-order valence-corrected chi connectivity index (χ2v) is 6.27. The van der Waals surface area contributed by atoms with Gasteiger partial charge in [-0.15, -0.1) is 0 Å². The third-order valence-corrected chi connectivity index (χ3v) is 4.68. The van der Waals surface area contributed by atoms with Crippen LogP contribution in [-0.2, 0) is 14.3 Å². The minimum absolute atomic E-state index is 0.0185. The maximum Gasteiger partial charge on any atom is 0.329 e. The Morgan fingerprint density at radius 1 is 0.857 bits per heavy atom. The number of hydrogen-bond acceptors (Lipinski definition) is 3. The Kier molecular flexibility index (Phi) is 6.49. The quantitative estimate of drug-likeness (QED) is 0.818. The van der Waals surface area contributed by atoms with E-state index in [1.807, 2.05) is 0 Å². The standard InChI is InChI=1S/C16H27NO4/c18-15(11-21-12-16(19)20)17(13-7-3-1-4-8-13)14-9-5-2-6-10-14/h13-14H,1-12H2,(H,19,20). The summed E-state index contributed by atoms with van der Waals surface area (Å²) in [7, 11) is 0. The van der Waals surface area contributed by atoms with E-state index in [1.165, 1.54) is 38.5 Å². The Labute approximate surface area is 126 Å². The molecule has 1 amide bonds. The number of aliphatic carboxylic acids is 1. The lowest BCUT2D eigenvalue weighted by Gasteiger charge is -2.41. The number of rotatable bonds is 6. The summed E-state index contributed by atoms with van der Waals surface area (Å²) in [5.41, 5.74) is 0. The van der Waals surface area contributed by atoms with E-state index < -0.39 is 12.6 Å². The van der Waals surface area contributed by atoms with Crippen LogP contribution < -0.4 is 0 Å². The summed E-state index contributed by atoms with van der Waals surface area (Å²) in [4.78, 5) is 25.1. The first kappa shape index (κ1) is 16.3. The van der Waals surface area contributed by atoms with Gasteiger partial charge in [-0.2, -0.15) is 0 Å². The number of carboxylic acid groups (broad SMARTS) is 1. The lowest BCUT2D eigenvalue weighted by atomic mass is 9.88. The summed E-state index contributed by atoms with van der Waals surface area (Å²) in [6.45, 7) is -0.492. The number of nitrogens with zero attached hydrogens (tertiary/aromatic N) is 1. The molecule has 21 heavy (non-hydrogen) atoms. The number of carboxylic acids is 1. The second kappa shape index (κ2) is 8.37. The van der Waals surface area contributed by atoms with Crippen molar-refractivity contribution < 1.29 is 19.4 Å². The van der Waals surface area contributed by atoms with E-state index in [4.69, 9.17) is 9.84 Å².